The molecule has 3 heterocycles. The molecule has 2 N–H and O–H groups in total. The Kier molecular flexibility index (Phi) is 3.32. The minimum absolute atomic E-state index is 0.224. The fourth-order valence-electron chi connectivity index (χ4n) is 2.81. The maximum absolute atomic E-state index is 12.4. The highest BCUT2D eigenvalue weighted by Crippen LogP contribution is 2.40. The summed E-state index contributed by atoms with van der Waals surface area (Å²) in [5, 5.41) is 15.7. The number of nitrogens with one attached hydrogen (secondary N) is 1. The number of hydrogen-bond donors (Lipinski definition) is 2. The normalized spacial score (nSPS) is 29.8. The number of carboxylic acids is 1. The minimum Gasteiger partial charge on any atom is -0.481 e. The Hall–Kier alpha value is -2.15. The van der Waals surface area contributed by atoms with Crippen molar-refractivity contribution in [1.82, 2.24) is 5.16 Å². The molecule has 0 spiro atoms. The Morgan fingerprint density at radius 2 is 1.86 bits per heavy atom. The molecule has 1 saturated heterocycles. The van der Waals surface area contributed by atoms with Crippen LogP contribution in [0.5, 0.6) is 0 Å². The second-order valence-electron chi connectivity index (χ2n) is 6.66. The molecule has 2 aliphatic rings. The second kappa shape index (κ2) is 4.95. The topological polar surface area (TPSA) is 102 Å². The first kappa shape index (κ1) is 14.8. The van der Waals surface area contributed by atoms with Crippen LogP contribution in [0.15, 0.2) is 22.7 Å². The average Bonchev–Trinajstić information content (AvgIpc) is 3.11. The average molecular weight is 306 g/mol. The summed E-state index contributed by atoms with van der Waals surface area (Å²) in [7, 11) is 0. The molecule has 1 fully saturated rings. The summed E-state index contributed by atoms with van der Waals surface area (Å²) in [6.45, 7) is 5.90. The Labute approximate surface area is 127 Å². The number of anilines is 1. The number of fused-ring (bicyclic) bond motifs is 2. The zero-order valence-corrected chi connectivity index (χ0v) is 12.6. The largest absolute Gasteiger partial charge is 0.481 e. The third-order valence-electron chi connectivity index (χ3n) is 3.99. The maximum Gasteiger partial charge on any atom is 0.310 e. The van der Waals surface area contributed by atoms with Crippen LogP contribution in [-0.2, 0) is 19.7 Å². The van der Waals surface area contributed by atoms with Gasteiger partial charge >= 0.3 is 5.97 Å². The zero-order valence-electron chi connectivity index (χ0n) is 12.6. The maximum atomic E-state index is 12.4. The monoisotopic (exact) mass is 306 g/mol. The van der Waals surface area contributed by atoms with E-state index in [0.29, 0.717) is 5.76 Å². The predicted molar refractivity (Wildman–Crippen MR) is 76.2 cm³/mol. The molecule has 3 rings (SSSR count). The van der Waals surface area contributed by atoms with Gasteiger partial charge in [-0.05, 0) is 0 Å². The standard InChI is InChI=1S/C15H18N2O5/c1-15(2,3)9-6-10(17-22-9)16-13(18)11-7-4-5-8(21-7)12(11)14(19)20/h4-8,11-12H,1-3H3,(H,19,20)(H,16,17,18)/t7-,8-,11+,12-/m1/s1. The van der Waals surface area contributed by atoms with Gasteiger partial charge in [0.15, 0.2) is 5.82 Å². The van der Waals surface area contributed by atoms with E-state index in [4.69, 9.17) is 9.26 Å². The molecule has 2 aliphatic heterocycles. The van der Waals surface area contributed by atoms with Gasteiger partial charge in [-0.15, -0.1) is 0 Å². The van der Waals surface area contributed by atoms with E-state index in [0.717, 1.165) is 0 Å². The van der Waals surface area contributed by atoms with Crippen molar-refractivity contribution >= 4 is 17.7 Å². The molecule has 22 heavy (non-hydrogen) atoms. The lowest BCUT2D eigenvalue weighted by Gasteiger charge is -2.20. The summed E-state index contributed by atoms with van der Waals surface area (Å²) < 4.78 is 10.7. The van der Waals surface area contributed by atoms with E-state index < -0.39 is 35.9 Å². The minimum atomic E-state index is -1.03. The lowest BCUT2D eigenvalue weighted by molar-refractivity contribution is -0.145. The van der Waals surface area contributed by atoms with Crippen LogP contribution in [0.4, 0.5) is 5.82 Å². The van der Waals surface area contributed by atoms with Crippen LogP contribution in [0, 0.1) is 11.8 Å². The molecule has 0 aliphatic carbocycles. The lowest BCUT2D eigenvalue weighted by atomic mass is 9.82. The number of aromatic nitrogens is 1. The molecule has 0 saturated carbocycles. The summed E-state index contributed by atoms with van der Waals surface area (Å²) in [4.78, 5) is 23.8. The number of carboxylic acid groups (broad SMARTS) is 1. The summed E-state index contributed by atoms with van der Waals surface area (Å²) >= 11 is 0. The van der Waals surface area contributed by atoms with Crippen LogP contribution in [0.3, 0.4) is 0 Å². The molecule has 0 radical (unpaired) electrons. The number of rotatable bonds is 3. The van der Waals surface area contributed by atoms with Crippen molar-refractivity contribution in [1.29, 1.82) is 0 Å². The SMILES string of the molecule is CC(C)(C)c1cc(NC(=O)[C@@H]2[C@H](C(=O)O)[C@H]3C=C[C@H]2O3)no1. The van der Waals surface area contributed by atoms with Crippen LogP contribution < -0.4 is 5.32 Å². The first-order chi connectivity index (χ1) is 10.3. The number of carbonyl (C=O) groups excluding carboxylic acids is 1. The van der Waals surface area contributed by atoms with Gasteiger partial charge in [-0.3, -0.25) is 9.59 Å². The van der Waals surface area contributed by atoms with Crippen molar-refractivity contribution in [2.24, 2.45) is 11.8 Å². The molecular weight excluding hydrogens is 288 g/mol. The predicted octanol–water partition coefficient (Wildman–Crippen LogP) is 1.56. The van der Waals surface area contributed by atoms with Crippen LogP contribution >= 0.6 is 0 Å². The number of carbonyl (C=O) groups is 2. The van der Waals surface area contributed by atoms with Crippen molar-refractivity contribution in [2.75, 3.05) is 5.32 Å². The Balaban J connectivity index is 1.76. The first-order valence-corrected chi connectivity index (χ1v) is 7.12. The number of hydrogen-bond acceptors (Lipinski definition) is 5. The molecule has 7 heteroatoms. The third kappa shape index (κ3) is 2.41. The van der Waals surface area contributed by atoms with Gasteiger partial charge in [0.1, 0.15) is 11.7 Å². The lowest BCUT2D eigenvalue weighted by Crippen LogP contribution is -2.39. The Morgan fingerprint density at radius 1 is 1.23 bits per heavy atom. The number of aliphatic carboxylic acids is 1. The summed E-state index contributed by atoms with van der Waals surface area (Å²) in [5.41, 5.74) is -0.224. The molecule has 7 nitrogen and oxygen atoms in total. The molecule has 2 bridgehead atoms. The van der Waals surface area contributed by atoms with E-state index in [1.807, 2.05) is 20.8 Å². The van der Waals surface area contributed by atoms with E-state index in [2.05, 4.69) is 10.5 Å². The molecule has 4 atom stereocenters. The molecule has 1 aromatic rings. The fourth-order valence-corrected chi connectivity index (χ4v) is 2.81. The highest BCUT2D eigenvalue weighted by molar-refractivity contribution is 5.96. The molecule has 118 valence electrons. The van der Waals surface area contributed by atoms with E-state index in [9.17, 15) is 14.7 Å². The Bertz CT molecular complexity index is 643. The van der Waals surface area contributed by atoms with Gasteiger partial charge < -0.3 is 19.7 Å². The van der Waals surface area contributed by atoms with Gasteiger partial charge in [0.2, 0.25) is 5.91 Å². The van der Waals surface area contributed by atoms with Crippen molar-refractivity contribution in [3.05, 3.63) is 24.0 Å². The molecular formula is C15H18N2O5. The first-order valence-electron chi connectivity index (χ1n) is 7.12. The van der Waals surface area contributed by atoms with Crippen molar-refractivity contribution in [2.45, 2.75) is 38.4 Å². The van der Waals surface area contributed by atoms with Crippen LogP contribution in [0.1, 0.15) is 26.5 Å². The molecule has 1 aromatic heterocycles. The quantitative estimate of drug-likeness (QED) is 0.822. The van der Waals surface area contributed by atoms with Crippen molar-refractivity contribution < 1.29 is 24.0 Å². The van der Waals surface area contributed by atoms with Gasteiger partial charge in [0, 0.05) is 11.5 Å². The number of nitrogens with zero attached hydrogens (tertiary/aromatic N) is 1. The van der Waals surface area contributed by atoms with E-state index in [1.165, 1.54) is 0 Å². The fraction of sp³-hybridized carbons (Fsp3) is 0.533. The van der Waals surface area contributed by atoms with E-state index >= 15 is 0 Å². The van der Waals surface area contributed by atoms with Gasteiger partial charge in [-0.25, -0.2) is 0 Å². The van der Waals surface area contributed by atoms with E-state index in [-0.39, 0.29) is 11.2 Å². The highest BCUT2D eigenvalue weighted by Gasteiger charge is 2.53. The Morgan fingerprint density at radius 3 is 2.41 bits per heavy atom. The van der Waals surface area contributed by atoms with Crippen LogP contribution in [-0.4, -0.2) is 34.3 Å². The van der Waals surface area contributed by atoms with Crippen molar-refractivity contribution in [3.63, 3.8) is 0 Å². The zero-order chi connectivity index (χ0) is 16.1. The second-order valence-corrected chi connectivity index (χ2v) is 6.66. The van der Waals surface area contributed by atoms with Gasteiger partial charge in [0.05, 0.1) is 18.1 Å². The summed E-state index contributed by atoms with van der Waals surface area (Å²) in [5.74, 6) is -2.16. The molecule has 0 unspecified atom stereocenters. The number of amides is 1. The van der Waals surface area contributed by atoms with Crippen molar-refractivity contribution in [3.8, 4) is 0 Å². The molecule has 0 aromatic carbocycles. The molecule has 1 amide bonds. The highest BCUT2D eigenvalue weighted by atomic mass is 16.5. The van der Waals surface area contributed by atoms with Gasteiger partial charge in [-0.1, -0.05) is 38.1 Å². The van der Waals surface area contributed by atoms with Crippen LogP contribution in [0.2, 0.25) is 0 Å². The van der Waals surface area contributed by atoms with Gasteiger partial charge in [-0.2, -0.15) is 0 Å². The summed E-state index contributed by atoms with van der Waals surface area (Å²) in [6, 6.07) is 1.65. The third-order valence-corrected chi connectivity index (χ3v) is 3.99. The van der Waals surface area contributed by atoms with Gasteiger partial charge in [0.25, 0.3) is 0 Å². The van der Waals surface area contributed by atoms with Crippen LogP contribution in [0.25, 0.3) is 0 Å². The smallest absolute Gasteiger partial charge is 0.310 e. The number of ether oxygens (including phenoxy) is 1. The summed E-state index contributed by atoms with van der Waals surface area (Å²) in [6.07, 6.45) is 2.39. The van der Waals surface area contributed by atoms with E-state index in [1.54, 1.807) is 18.2 Å².